The fraction of sp³-hybridized carbons (Fsp3) is 1.00. The summed E-state index contributed by atoms with van der Waals surface area (Å²) in [6.07, 6.45) is 3.13. The summed E-state index contributed by atoms with van der Waals surface area (Å²) in [7, 11) is 1.92. The fourth-order valence-electron chi connectivity index (χ4n) is 1.47. The number of hydrogen-bond acceptors (Lipinski definition) is 1. The van der Waals surface area contributed by atoms with Crippen LogP contribution in [-0.4, -0.2) is 31.2 Å². The van der Waals surface area contributed by atoms with E-state index in [2.05, 4.69) is 17.1 Å². The lowest BCUT2D eigenvalue weighted by Crippen LogP contribution is -2.34. The highest BCUT2D eigenvalue weighted by molar-refractivity contribution is 4.73. The molecule has 2 nitrogen and oxygen atoms in total. The van der Waals surface area contributed by atoms with Crippen molar-refractivity contribution < 1.29 is 0 Å². The van der Waals surface area contributed by atoms with Crippen LogP contribution in [0, 0.1) is 0 Å². The molecule has 0 bridgehead atoms. The lowest BCUT2D eigenvalue weighted by atomic mass is 10.3. The van der Waals surface area contributed by atoms with Crippen molar-refractivity contribution in [2.24, 2.45) is 0 Å². The van der Waals surface area contributed by atoms with Gasteiger partial charge >= 0.3 is 0 Å². The van der Waals surface area contributed by atoms with Gasteiger partial charge in [-0.25, -0.2) is 5.32 Å². The number of rotatable bonds is 2. The molecule has 1 saturated heterocycles. The zero-order valence-corrected chi connectivity index (χ0v) is 6.30. The van der Waals surface area contributed by atoms with Crippen LogP contribution in [0.1, 0.15) is 19.8 Å². The molecule has 1 aliphatic rings. The summed E-state index contributed by atoms with van der Waals surface area (Å²) in [5.41, 5.74) is 0. The molecule has 9 heavy (non-hydrogen) atoms. The SMILES string of the molecule is CCN1CCC[C@@H]1[N]C. The molecule has 1 heterocycles. The first-order chi connectivity index (χ1) is 4.38. The Bertz CT molecular complexity index is 73.0. The molecule has 53 valence electrons. The van der Waals surface area contributed by atoms with E-state index in [0.717, 1.165) is 6.54 Å². The molecule has 1 atom stereocenters. The molecule has 1 fully saturated rings. The Morgan fingerprint density at radius 2 is 2.44 bits per heavy atom. The molecule has 0 aromatic carbocycles. The normalized spacial score (nSPS) is 29.3. The highest BCUT2D eigenvalue weighted by Gasteiger charge is 2.20. The molecule has 0 spiro atoms. The minimum Gasteiger partial charge on any atom is -0.287 e. The Kier molecular flexibility index (Phi) is 2.49. The molecule has 0 aromatic rings. The van der Waals surface area contributed by atoms with E-state index < -0.39 is 0 Å². The van der Waals surface area contributed by atoms with E-state index in [4.69, 9.17) is 0 Å². The van der Waals surface area contributed by atoms with Gasteiger partial charge in [0, 0.05) is 7.05 Å². The van der Waals surface area contributed by atoms with Crippen molar-refractivity contribution in [3.8, 4) is 0 Å². The van der Waals surface area contributed by atoms with Gasteiger partial charge in [0.15, 0.2) is 0 Å². The Hall–Kier alpha value is -0.0800. The molecule has 1 aliphatic heterocycles. The van der Waals surface area contributed by atoms with Gasteiger partial charge in [0.05, 0.1) is 6.17 Å². The summed E-state index contributed by atoms with van der Waals surface area (Å²) in [6.45, 7) is 4.60. The second kappa shape index (κ2) is 3.18. The molecule has 0 N–H and O–H groups in total. The standard InChI is InChI=1S/C7H15N2/c1-3-9-6-4-5-7(9)8-2/h7H,3-6H2,1-2H3/t7-/m1/s1. The van der Waals surface area contributed by atoms with Gasteiger partial charge in [0.1, 0.15) is 0 Å². The Morgan fingerprint density at radius 1 is 1.67 bits per heavy atom. The minimum absolute atomic E-state index is 0.537. The van der Waals surface area contributed by atoms with Crippen molar-refractivity contribution in [3.63, 3.8) is 0 Å². The number of hydrogen-bond donors (Lipinski definition) is 0. The van der Waals surface area contributed by atoms with Crippen LogP contribution in [-0.2, 0) is 0 Å². The van der Waals surface area contributed by atoms with E-state index in [1.165, 1.54) is 19.4 Å². The van der Waals surface area contributed by atoms with E-state index in [0.29, 0.717) is 6.17 Å². The van der Waals surface area contributed by atoms with Crippen molar-refractivity contribution in [2.45, 2.75) is 25.9 Å². The molecular formula is C7H15N2. The average Bonchev–Trinajstić information content (AvgIpc) is 2.33. The summed E-state index contributed by atoms with van der Waals surface area (Å²) >= 11 is 0. The summed E-state index contributed by atoms with van der Waals surface area (Å²) in [4.78, 5) is 2.42. The second-order valence-electron chi connectivity index (χ2n) is 2.51. The van der Waals surface area contributed by atoms with Crippen LogP contribution in [0.5, 0.6) is 0 Å². The molecule has 0 unspecified atom stereocenters. The quantitative estimate of drug-likeness (QED) is 0.532. The van der Waals surface area contributed by atoms with Gasteiger partial charge in [-0.05, 0) is 25.9 Å². The molecule has 1 radical (unpaired) electrons. The summed E-state index contributed by atoms with van der Waals surface area (Å²) < 4.78 is 0. The first kappa shape index (κ1) is 7.03. The van der Waals surface area contributed by atoms with Crippen LogP contribution in [0.4, 0.5) is 0 Å². The maximum absolute atomic E-state index is 4.27. The molecular weight excluding hydrogens is 112 g/mol. The third-order valence-corrected chi connectivity index (χ3v) is 2.03. The van der Waals surface area contributed by atoms with Gasteiger partial charge in [-0.1, -0.05) is 6.92 Å². The topological polar surface area (TPSA) is 17.3 Å². The Balaban J connectivity index is 2.32. The van der Waals surface area contributed by atoms with Crippen LogP contribution < -0.4 is 5.32 Å². The molecule has 0 aliphatic carbocycles. The fourth-order valence-corrected chi connectivity index (χ4v) is 1.47. The van der Waals surface area contributed by atoms with E-state index in [1.807, 2.05) is 7.05 Å². The zero-order chi connectivity index (χ0) is 6.69. The highest BCUT2D eigenvalue weighted by Crippen LogP contribution is 2.13. The van der Waals surface area contributed by atoms with Gasteiger partial charge in [-0.15, -0.1) is 0 Å². The Morgan fingerprint density at radius 3 is 2.89 bits per heavy atom. The molecule has 1 rings (SSSR count). The van der Waals surface area contributed by atoms with Crippen LogP contribution >= 0.6 is 0 Å². The number of nitrogens with zero attached hydrogens (tertiary/aromatic N) is 2. The average molecular weight is 127 g/mol. The van der Waals surface area contributed by atoms with E-state index in [-0.39, 0.29) is 0 Å². The van der Waals surface area contributed by atoms with Gasteiger partial charge in [0.2, 0.25) is 0 Å². The highest BCUT2D eigenvalue weighted by atomic mass is 15.3. The van der Waals surface area contributed by atoms with Gasteiger partial charge in [0.25, 0.3) is 0 Å². The van der Waals surface area contributed by atoms with Crippen molar-refractivity contribution in [2.75, 3.05) is 20.1 Å². The predicted octanol–water partition coefficient (Wildman–Crippen LogP) is 0.662. The third kappa shape index (κ3) is 1.43. The predicted molar refractivity (Wildman–Crippen MR) is 38.3 cm³/mol. The lowest BCUT2D eigenvalue weighted by Gasteiger charge is -2.19. The molecule has 2 heteroatoms. The molecule has 0 aromatic heterocycles. The van der Waals surface area contributed by atoms with Crippen molar-refractivity contribution in [3.05, 3.63) is 0 Å². The van der Waals surface area contributed by atoms with Crippen LogP contribution in [0.3, 0.4) is 0 Å². The molecule has 0 saturated carbocycles. The molecule has 0 amide bonds. The first-order valence-corrected chi connectivity index (χ1v) is 3.71. The monoisotopic (exact) mass is 127 g/mol. The van der Waals surface area contributed by atoms with E-state index in [9.17, 15) is 0 Å². The Labute approximate surface area is 57.2 Å². The summed E-state index contributed by atoms with van der Waals surface area (Å²) in [6, 6.07) is 0. The second-order valence-corrected chi connectivity index (χ2v) is 2.51. The van der Waals surface area contributed by atoms with Gasteiger partial charge < -0.3 is 0 Å². The van der Waals surface area contributed by atoms with E-state index in [1.54, 1.807) is 0 Å². The lowest BCUT2D eigenvalue weighted by molar-refractivity contribution is 0.236. The van der Waals surface area contributed by atoms with Crippen molar-refractivity contribution >= 4 is 0 Å². The summed E-state index contributed by atoms with van der Waals surface area (Å²) in [5, 5.41) is 4.27. The number of likely N-dealkylation sites (tertiary alicyclic amines) is 1. The van der Waals surface area contributed by atoms with Crippen molar-refractivity contribution in [1.82, 2.24) is 10.2 Å². The van der Waals surface area contributed by atoms with E-state index >= 15 is 0 Å². The smallest absolute Gasteiger partial charge is 0.0757 e. The summed E-state index contributed by atoms with van der Waals surface area (Å²) in [5.74, 6) is 0. The first-order valence-electron chi connectivity index (χ1n) is 3.71. The van der Waals surface area contributed by atoms with Crippen LogP contribution in [0.2, 0.25) is 0 Å². The van der Waals surface area contributed by atoms with Gasteiger partial charge in [-0.2, -0.15) is 0 Å². The van der Waals surface area contributed by atoms with Crippen LogP contribution in [0.15, 0.2) is 0 Å². The maximum atomic E-state index is 4.27. The van der Waals surface area contributed by atoms with Crippen LogP contribution in [0.25, 0.3) is 0 Å². The van der Waals surface area contributed by atoms with Crippen molar-refractivity contribution in [1.29, 1.82) is 0 Å². The maximum Gasteiger partial charge on any atom is 0.0757 e. The zero-order valence-electron chi connectivity index (χ0n) is 6.30. The largest absolute Gasteiger partial charge is 0.287 e. The van der Waals surface area contributed by atoms with Gasteiger partial charge in [-0.3, -0.25) is 4.90 Å². The third-order valence-electron chi connectivity index (χ3n) is 2.03. The minimum atomic E-state index is 0.537.